The highest BCUT2D eigenvalue weighted by atomic mass is 16.2. The van der Waals surface area contributed by atoms with Gasteiger partial charge in [0.15, 0.2) is 0 Å². The second kappa shape index (κ2) is 4.47. The third kappa shape index (κ3) is 2.37. The van der Waals surface area contributed by atoms with E-state index < -0.39 is 0 Å². The van der Waals surface area contributed by atoms with Crippen molar-refractivity contribution >= 4 is 11.8 Å². The molecule has 2 rings (SSSR count). The zero-order valence-electron chi connectivity index (χ0n) is 8.82. The molecule has 0 unspecified atom stereocenters. The third-order valence-electron chi connectivity index (χ3n) is 2.89. The lowest BCUT2D eigenvalue weighted by Gasteiger charge is -2.27. The zero-order valence-corrected chi connectivity index (χ0v) is 8.82. The van der Waals surface area contributed by atoms with Crippen LogP contribution in [0.3, 0.4) is 0 Å². The number of hydrogen-bond acceptors (Lipinski definition) is 3. The van der Waals surface area contributed by atoms with E-state index >= 15 is 0 Å². The molecular formula is C11H16N2O2. The topological polar surface area (TPSA) is 40.6 Å². The van der Waals surface area contributed by atoms with Gasteiger partial charge in [-0.25, -0.2) is 0 Å². The number of carbonyl (C=O) groups excluding carboxylic acids is 2. The minimum atomic E-state index is -0.00516. The van der Waals surface area contributed by atoms with Crippen molar-refractivity contribution in [3.8, 4) is 0 Å². The Hall–Kier alpha value is -1.32. The van der Waals surface area contributed by atoms with E-state index in [1.54, 1.807) is 0 Å². The van der Waals surface area contributed by atoms with Crippen molar-refractivity contribution in [1.29, 1.82) is 0 Å². The molecule has 0 aromatic carbocycles. The van der Waals surface area contributed by atoms with Crippen LogP contribution in [0.2, 0.25) is 0 Å². The maximum atomic E-state index is 11.5. The molecule has 0 aromatic rings. The van der Waals surface area contributed by atoms with Gasteiger partial charge in [0.1, 0.15) is 0 Å². The van der Waals surface area contributed by atoms with Crippen molar-refractivity contribution in [2.45, 2.75) is 25.7 Å². The minimum absolute atomic E-state index is 0.00516. The SMILES string of the molecule is O=C1CCCC(=O)N1CCN1C=CCC1. The third-order valence-corrected chi connectivity index (χ3v) is 2.89. The van der Waals surface area contributed by atoms with Crippen LogP contribution < -0.4 is 0 Å². The molecular weight excluding hydrogens is 192 g/mol. The Morgan fingerprint density at radius 1 is 1.13 bits per heavy atom. The molecule has 0 spiro atoms. The summed E-state index contributed by atoms with van der Waals surface area (Å²) in [5.41, 5.74) is 0. The van der Waals surface area contributed by atoms with E-state index in [9.17, 15) is 9.59 Å². The van der Waals surface area contributed by atoms with Crippen molar-refractivity contribution < 1.29 is 9.59 Å². The van der Waals surface area contributed by atoms with Gasteiger partial charge in [0.2, 0.25) is 11.8 Å². The highest BCUT2D eigenvalue weighted by Crippen LogP contribution is 2.12. The number of carbonyl (C=O) groups is 2. The normalized spacial score (nSPS) is 21.6. The number of imide groups is 1. The van der Waals surface area contributed by atoms with E-state index in [1.807, 2.05) is 6.20 Å². The van der Waals surface area contributed by atoms with Gasteiger partial charge < -0.3 is 4.90 Å². The Bertz CT molecular complexity index is 283. The van der Waals surface area contributed by atoms with Crippen LogP contribution in [-0.2, 0) is 9.59 Å². The summed E-state index contributed by atoms with van der Waals surface area (Å²) < 4.78 is 0. The average Bonchev–Trinajstić information content (AvgIpc) is 2.70. The fourth-order valence-electron chi connectivity index (χ4n) is 2.00. The van der Waals surface area contributed by atoms with Crippen molar-refractivity contribution in [2.75, 3.05) is 19.6 Å². The van der Waals surface area contributed by atoms with Crippen LogP contribution in [0.15, 0.2) is 12.3 Å². The fourth-order valence-corrected chi connectivity index (χ4v) is 2.00. The molecule has 1 saturated heterocycles. The Labute approximate surface area is 89.5 Å². The Morgan fingerprint density at radius 2 is 1.87 bits per heavy atom. The van der Waals surface area contributed by atoms with Crippen molar-refractivity contribution in [1.82, 2.24) is 9.80 Å². The molecule has 15 heavy (non-hydrogen) atoms. The van der Waals surface area contributed by atoms with Crippen LogP contribution >= 0.6 is 0 Å². The summed E-state index contributed by atoms with van der Waals surface area (Å²) in [5, 5.41) is 0. The highest BCUT2D eigenvalue weighted by Gasteiger charge is 2.25. The number of piperidine rings is 1. The van der Waals surface area contributed by atoms with E-state index in [0.29, 0.717) is 19.4 Å². The van der Waals surface area contributed by atoms with Crippen molar-refractivity contribution in [3.63, 3.8) is 0 Å². The van der Waals surface area contributed by atoms with Gasteiger partial charge in [-0.05, 0) is 19.0 Å². The highest BCUT2D eigenvalue weighted by molar-refractivity contribution is 5.97. The van der Waals surface area contributed by atoms with Gasteiger partial charge in [0, 0.05) is 32.5 Å². The lowest BCUT2D eigenvalue weighted by Crippen LogP contribution is -2.43. The van der Waals surface area contributed by atoms with E-state index in [0.717, 1.165) is 25.9 Å². The van der Waals surface area contributed by atoms with Gasteiger partial charge >= 0.3 is 0 Å². The van der Waals surface area contributed by atoms with Crippen LogP contribution in [0.5, 0.6) is 0 Å². The molecule has 0 radical (unpaired) electrons. The molecule has 0 N–H and O–H groups in total. The lowest BCUT2D eigenvalue weighted by molar-refractivity contribution is -0.148. The average molecular weight is 208 g/mol. The maximum absolute atomic E-state index is 11.5. The first-order chi connectivity index (χ1) is 7.27. The van der Waals surface area contributed by atoms with Gasteiger partial charge in [0.05, 0.1) is 0 Å². The first-order valence-corrected chi connectivity index (χ1v) is 5.51. The Morgan fingerprint density at radius 3 is 2.47 bits per heavy atom. The smallest absolute Gasteiger partial charge is 0.229 e. The van der Waals surface area contributed by atoms with E-state index in [-0.39, 0.29) is 11.8 Å². The van der Waals surface area contributed by atoms with Crippen molar-refractivity contribution in [2.24, 2.45) is 0 Å². The number of rotatable bonds is 3. The summed E-state index contributed by atoms with van der Waals surface area (Å²) in [6, 6.07) is 0. The molecule has 0 bridgehead atoms. The molecule has 2 amide bonds. The number of amides is 2. The molecule has 0 aromatic heterocycles. The fraction of sp³-hybridized carbons (Fsp3) is 0.636. The second-order valence-electron chi connectivity index (χ2n) is 4.00. The molecule has 0 atom stereocenters. The summed E-state index contributed by atoms with van der Waals surface area (Å²) in [4.78, 5) is 26.5. The van der Waals surface area contributed by atoms with Crippen LogP contribution in [0, 0.1) is 0 Å². The monoisotopic (exact) mass is 208 g/mol. The standard InChI is InChI=1S/C11H16N2O2/c14-10-4-3-5-11(15)13(10)9-8-12-6-1-2-7-12/h1,6H,2-5,7-9H2. The number of likely N-dealkylation sites (tertiary alicyclic amines) is 1. The second-order valence-corrected chi connectivity index (χ2v) is 4.00. The van der Waals surface area contributed by atoms with Crippen LogP contribution in [-0.4, -0.2) is 41.2 Å². The Balaban J connectivity index is 1.83. The lowest BCUT2D eigenvalue weighted by atomic mass is 10.1. The quantitative estimate of drug-likeness (QED) is 0.642. The first kappa shape index (κ1) is 10.2. The van der Waals surface area contributed by atoms with Gasteiger partial charge in [-0.1, -0.05) is 6.08 Å². The van der Waals surface area contributed by atoms with E-state index in [4.69, 9.17) is 0 Å². The molecule has 2 heterocycles. The summed E-state index contributed by atoms with van der Waals surface area (Å²) in [6.07, 6.45) is 7.00. The predicted molar refractivity (Wildman–Crippen MR) is 55.9 cm³/mol. The van der Waals surface area contributed by atoms with Crippen LogP contribution in [0.4, 0.5) is 0 Å². The first-order valence-electron chi connectivity index (χ1n) is 5.51. The molecule has 4 heteroatoms. The molecule has 0 saturated carbocycles. The number of hydrogen-bond donors (Lipinski definition) is 0. The molecule has 0 aliphatic carbocycles. The van der Waals surface area contributed by atoms with Gasteiger partial charge in [-0.2, -0.15) is 0 Å². The summed E-state index contributed by atoms with van der Waals surface area (Å²) in [7, 11) is 0. The zero-order chi connectivity index (χ0) is 10.7. The molecule has 2 aliphatic rings. The summed E-state index contributed by atoms with van der Waals surface area (Å²) in [5.74, 6) is -0.0103. The van der Waals surface area contributed by atoms with Crippen LogP contribution in [0.25, 0.3) is 0 Å². The largest absolute Gasteiger partial charge is 0.376 e. The minimum Gasteiger partial charge on any atom is -0.376 e. The van der Waals surface area contributed by atoms with Gasteiger partial charge in [-0.15, -0.1) is 0 Å². The van der Waals surface area contributed by atoms with Gasteiger partial charge in [-0.3, -0.25) is 14.5 Å². The summed E-state index contributed by atoms with van der Waals surface area (Å²) in [6.45, 7) is 2.33. The number of nitrogens with zero attached hydrogens (tertiary/aromatic N) is 2. The maximum Gasteiger partial charge on any atom is 0.229 e. The van der Waals surface area contributed by atoms with E-state index in [1.165, 1.54) is 4.90 Å². The van der Waals surface area contributed by atoms with E-state index in [2.05, 4.69) is 11.0 Å². The molecule has 82 valence electrons. The van der Waals surface area contributed by atoms with Gasteiger partial charge in [0.25, 0.3) is 0 Å². The molecule has 1 fully saturated rings. The predicted octanol–water partition coefficient (Wildman–Crippen LogP) is 0.745. The molecule has 4 nitrogen and oxygen atoms in total. The summed E-state index contributed by atoms with van der Waals surface area (Å²) >= 11 is 0. The molecule has 2 aliphatic heterocycles. The van der Waals surface area contributed by atoms with Crippen LogP contribution in [0.1, 0.15) is 25.7 Å². The Kier molecular flexibility index (Phi) is 3.04. The van der Waals surface area contributed by atoms with Crippen molar-refractivity contribution in [3.05, 3.63) is 12.3 Å².